The highest BCUT2D eigenvalue weighted by molar-refractivity contribution is 5.95. The molecule has 2 aromatic rings. The predicted molar refractivity (Wildman–Crippen MR) is 82.6 cm³/mol. The van der Waals surface area contributed by atoms with Gasteiger partial charge in [0.25, 0.3) is 5.91 Å². The summed E-state index contributed by atoms with van der Waals surface area (Å²) >= 11 is 0. The van der Waals surface area contributed by atoms with E-state index in [0.29, 0.717) is 17.8 Å². The van der Waals surface area contributed by atoms with Crippen LogP contribution in [0.4, 0.5) is 10.1 Å². The van der Waals surface area contributed by atoms with Gasteiger partial charge >= 0.3 is 0 Å². The van der Waals surface area contributed by atoms with Crippen molar-refractivity contribution in [2.45, 2.75) is 19.8 Å². The minimum absolute atomic E-state index is 0.260. The number of hydrogen-bond donors (Lipinski definition) is 2. The number of halogens is 1. The lowest BCUT2D eigenvalue weighted by atomic mass is 10.1. The normalized spacial score (nSPS) is 10.4. The quantitative estimate of drug-likeness (QED) is 0.655. The molecule has 0 bridgehead atoms. The van der Waals surface area contributed by atoms with Gasteiger partial charge in [-0.3, -0.25) is 4.79 Å². The van der Waals surface area contributed by atoms with E-state index < -0.39 is 5.82 Å². The number of nitrogens with two attached hydrogens (primary N) is 1. The summed E-state index contributed by atoms with van der Waals surface area (Å²) in [5, 5.41) is 2.78. The number of rotatable bonds is 5. The molecule has 0 saturated carbocycles. The number of hydrogen-bond acceptors (Lipinski definition) is 2. The van der Waals surface area contributed by atoms with Crippen LogP contribution in [0.3, 0.4) is 0 Å². The molecule has 2 aromatic carbocycles. The highest BCUT2D eigenvalue weighted by atomic mass is 19.1. The molecule has 0 heterocycles. The Bertz CT molecular complexity index is 603. The molecule has 0 aliphatic rings. The fourth-order valence-electron chi connectivity index (χ4n) is 2.07. The molecule has 4 heteroatoms. The molecule has 110 valence electrons. The van der Waals surface area contributed by atoms with Gasteiger partial charge in [0.2, 0.25) is 0 Å². The van der Waals surface area contributed by atoms with Gasteiger partial charge < -0.3 is 11.1 Å². The van der Waals surface area contributed by atoms with E-state index in [-0.39, 0.29) is 11.5 Å². The Morgan fingerprint density at radius 3 is 2.62 bits per heavy atom. The first kappa shape index (κ1) is 15.0. The average Bonchev–Trinajstić information content (AvgIpc) is 2.49. The van der Waals surface area contributed by atoms with Gasteiger partial charge in [0.15, 0.2) is 0 Å². The molecule has 0 unspecified atom stereocenters. The van der Waals surface area contributed by atoms with Crippen molar-refractivity contribution in [2.24, 2.45) is 0 Å². The molecule has 0 atom stereocenters. The van der Waals surface area contributed by atoms with Crippen molar-refractivity contribution < 1.29 is 9.18 Å². The molecule has 0 aliphatic carbocycles. The lowest BCUT2D eigenvalue weighted by Gasteiger charge is -2.08. The summed E-state index contributed by atoms with van der Waals surface area (Å²) in [4.78, 5) is 11.9. The molecule has 21 heavy (non-hydrogen) atoms. The molecule has 0 fully saturated rings. The molecule has 1 amide bonds. The van der Waals surface area contributed by atoms with Crippen molar-refractivity contribution in [1.82, 2.24) is 5.32 Å². The van der Waals surface area contributed by atoms with Gasteiger partial charge in [-0.15, -0.1) is 0 Å². The zero-order valence-corrected chi connectivity index (χ0v) is 12.0. The molecule has 3 N–H and O–H groups in total. The Morgan fingerprint density at radius 1 is 1.24 bits per heavy atom. The lowest BCUT2D eigenvalue weighted by Crippen LogP contribution is -2.25. The molecule has 0 aliphatic heterocycles. The molecular formula is C17H19FN2O. The van der Waals surface area contributed by atoms with Crippen molar-refractivity contribution in [3.63, 3.8) is 0 Å². The minimum Gasteiger partial charge on any atom is -0.398 e. The molecule has 3 nitrogen and oxygen atoms in total. The second-order valence-corrected chi connectivity index (χ2v) is 5.02. The van der Waals surface area contributed by atoms with Gasteiger partial charge in [0.1, 0.15) is 5.82 Å². The number of nitrogens with one attached hydrogen (secondary N) is 1. The van der Waals surface area contributed by atoms with Gasteiger partial charge in [-0.25, -0.2) is 4.39 Å². The molecule has 0 saturated heterocycles. The van der Waals surface area contributed by atoms with Crippen LogP contribution in [0.15, 0.2) is 42.5 Å². The zero-order chi connectivity index (χ0) is 15.2. The van der Waals surface area contributed by atoms with Gasteiger partial charge in [0, 0.05) is 23.4 Å². The largest absolute Gasteiger partial charge is 0.398 e. The summed E-state index contributed by atoms with van der Waals surface area (Å²) in [5.74, 6) is -0.752. The number of carbonyl (C=O) groups excluding carboxylic acids is 1. The molecule has 0 aromatic heterocycles. The van der Waals surface area contributed by atoms with Crippen molar-refractivity contribution in [2.75, 3.05) is 12.3 Å². The summed E-state index contributed by atoms with van der Waals surface area (Å²) < 4.78 is 13.6. The standard InChI is InChI=1S/C17H19FN2O/c1-12-15(18)10-14(11-16(12)19)17(21)20-9-5-8-13-6-3-2-4-7-13/h2-4,6-7,10-11H,5,8-9,19H2,1H3,(H,20,21). The van der Waals surface area contributed by atoms with Crippen LogP contribution in [0, 0.1) is 12.7 Å². The summed E-state index contributed by atoms with van der Waals surface area (Å²) in [7, 11) is 0. The van der Waals surface area contributed by atoms with E-state index in [1.165, 1.54) is 17.7 Å². The Labute approximate surface area is 124 Å². The Balaban J connectivity index is 1.85. The summed E-state index contributed by atoms with van der Waals surface area (Å²) in [6.45, 7) is 2.13. The minimum atomic E-state index is -0.454. The number of amides is 1. The van der Waals surface area contributed by atoms with E-state index >= 15 is 0 Å². The van der Waals surface area contributed by atoms with Crippen LogP contribution >= 0.6 is 0 Å². The first-order chi connectivity index (χ1) is 10.1. The van der Waals surface area contributed by atoms with Crippen molar-refractivity contribution in [3.8, 4) is 0 Å². The number of anilines is 1. The van der Waals surface area contributed by atoms with E-state index in [1.807, 2.05) is 18.2 Å². The SMILES string of the molecule is Cc1c(N)cc(C(=O)NCCCc2ccccc2)cc1F. The maximum absolute atomic E-state index is 13.6. The number of benzene rings is 2. The van der Waals surface area contributed by atoms with Crippen LogP contribution in [-0.2, 0) is 6.42 Å². The number of carbonyl (C=O) groups is 1. The maximum atomic E-state index is 13.6. The number of aryl methyl sites for hydroxylation is 1. The highest BCUT2D eigenvalue weighted by Gasteiger charge is 2.10. The third-order valence-electron chi connectivity index (χ3n) is 3.42. The fraction of sp³-hybridized carbons (Fsp3) is 0.235. The van der Waals surface area contributed by atoms with Gasteiger partial charge in [-0.1, -0.05) is 30.3 Å². The van der Waals surface area contributed by atoms with E-state index in [0.717, 1.165) is 12.8 Å². The molecular weight excluding hydrogens is 267 g/mol. The van der Waals surface area contributed by atoms with Crippen LogP contribution in [0.5, 0.6) is 0 Å². The smallest absolute Gasteiger partial charge is 0.251 e. The fourth-order valence-corrected chi connectivity index (χ4v) is 2.07. The molecule has 0 radical (unpaired) electrons. The second-order valence-electron chi connectivity index (χ2n) is 5.02. The Morgan fingerprint density at radius 2 is 1.95 bits per heavy atom. The third kappa shape index (κ3) is 4.05. The average molecular weight is 286 g/mol. The monoisotopic (exact) mass is 286 g/mol. The summed E-state index contributed by atoms with van der Waals surface area (Å²) in [5.41, 5.74) is 7.83. The zero-order valence-electron chi connectivity index (χ0n) is 12.0. The van der Waals surface area contributed by atoms with Crippen molar-refractivity contribution >= 4 is 11.6 Å². The van der Waals surface area contributed by atoms with E-state index in [4.69, 9.17) is 5.73 Å². The van der Waals surface area contributed by atoms with Gasteiger partial charge in [-0.2, -0.15) is 0 Å². The molecule has 0 spiro atoms. The van der Waals surface area contributed by atoms with Gasteiger partial charge in [0.05, 0.1) is 0 Å². The summed E-state index contributed by atoms with van der Waals surface area (Å²) in [6, 6.07) is 12.8. The maximum Gasteiger partial charge on any atom is 0.251 e. The van der Waals surface area contributed by atoms with Crippen LogP contribution in [0.2, 0.25) is 0 Å². The van der Waals surface area contributed by atoms with Crippen LogP contribution in [-0.4, -0.2) is 12.5 Å². The third-order valence-corrected chi connectivity index (χ3v) is 3.42. The Kier molecular flexibility index (Phi) is 4.93. The van der Waals surface area contributed by atoms with E-state index in [2.05, 4.69) is 17.4 Å². The van der Waals surface area contributed by atoms with Crippen molar-refractivity contribution in [1.29, 1.82) is 0 Å². The lowest BCUT2D eigenvalue weighted by molar-refractivity contribution is 0.0953. The Hall–Kier alpha value is -2.36. The summed E-state index contributed by atoms with van der Waals surface area (Å²) in [6.07, 6.45) is 1.73. The topological polar surface area (TPSA) is 55.1 Å². The first-order valence-corrected chi connectivity index (χ1v) is 6.95. The second kappa shape index (κ2) is 6.88. The highest BCUT2D eigenvalue weighted by Crippen LogP contribution is 2.17. The van der Waals surface area contributed by atoms with E-state index in [1.54, 1.807) is 6.92 Å². The van der Waals surface area contributed by atoms with Gasteiger partial charge in [-0.05, 0) is 37.5 Å². The first-order valence-electron chi connectivity index (χ1n) is 6.95. The van der Waals surface area contributed by atoms with Crippen LogP contribution < -0.4 is 11.1 Å². The van der Waals surface area contributed by atoms with E-state index in [9.17, 15) is 9.18 Å². The predicted octanol–water partition coefficient (Wildman–Crippen LogP) is 3.08. The van der Waals surface area contributed by atoms with Crippen molar-refractivity contribution in [3.05, 3.63) is 65.0 Å². The van der Waals surface area contributed by atoms with Crippen LogP contribution in [0.25, 0.3) is 0 Å². The number of nitrogen functional groups attached to an aromatic ring is 1. The molecule has 2 rings (SSSR count). The van der Waals surface area contributed by atoms with Crippen LogP contribution in [0.1, 0.15) is 27.9 Å².